The van der Waals surface area contributed by atoms with E-state index in [9.17, 15) is 4.79 Å². The van der Waals surface area contributed by atoms with Gasteiger partial charge in [0.1, 0.15) is 12.4 Å². The minimum atomic E-state index is -0.0725. The summed E-state index contributed by atoms with van der Waals surface area (Å²) in [7, 11) is 0. The van der Waals surface area contributed by atoms with Gasteiger partial charge < -0.3 is 20.1 Å². The maximum atomic E-state index is 12.0. The minimum absolute atomic E-state index is 0.0725. The fourth-order valence-corrected chi connectivity index (χ4v) is 2.69. The Labute approximate surface area is 132 Å². The lowest BCUT2D eigenvalue weighted by Crippen LogP contribution is -2.40. The zero-order chi connectivity index (χ0) is 15.9. The quantitative estimate of drug-likeness (QED) is 0.792. The molecule has 1 aromatic carbocycles. The molecule has 2 rings (SSSR count). The second-order valence-electron chi connectivity index (χ2n) is 6.06. The Morgan fingerprint density at radius 2 is 2.23 bits per heavy atom. The number of carbonyl (C=O) groups excluding carboxylic acids is 1. The number of ether oxygens (including phenoxy) is 1. The number of para-hydroxylation sites is 1. The van der Waals surface area contributed by atoms with Crippen molar-refractivity contribution in [3.8, 4) is 5.75 Å². The molecule has 0 aliphatic carbocycles. The lowest BCUT2D eigenvalue weighted by molar-refractivity contribution is 0.195. The second-order valence-corrected chi connectivity index (χ2v) is 6.06. The van der Waals surface area contributed by atoms with E-state index >= 15 is 0 Å². The number of rotatable bonds is 6. The average molecular weight is 306 g/mol. The van der Waals surface area contributed by atoms with Crippen LogP contribution in [0, 0.1) is 5.92 Å². The van der Waals surface area contributed by atoms with Crippen molar-refractivity contribution in [3.05, 3.63) is 29.8 Å². The number of aliphatic hydroxyl groups is 1. The minimum Gasteiger partial charge on any atom is -0.491 e. The molecule has 0 aromatic heterocycles. The standard InChI is InChI=1S/C17H26N2O3/c1-13(2)15-5-3-4-6-16(15)22-10-8-18-17(21)19-9-7-14(11-19)12-20/h3-6,13-14,20H,7-12H2,1-2H3,(H,18,21). The number of aliphatic hydroxyl groups excluding tert-OH is 1. The van der Waals surface area contributed by atoms with Gasteiger partial charge >= 0.3 is 6.03 Å². The van der Waals surface area contributed by atoms with Crippen molar-refractivity contribution >= 4 is 6.03 Å². The Morgan fingerprint density at radius 1 is 1.45 bits per heavy atom. The first-order valence-electron chi connectivity index (χ1n) is 7.97. The van der Waals surface area contributed by atoms with Crippen LogP contribution in [0.1, 0.15) is 31.7 Å². The van der Waals surface area contributed by atoms with E-state index in [1.807, 2.05) is 18.2 Å². The Hall–Kier alpha value is -1.75. The van der Waals surface area contributed by atoms with Crippen molar-refractivity contribution < 1.29 is 14.6 Å². The number of nitrogens with one attached hydrogen (secondary N) is 1. The van der Waals surface area contributed by atoms with Gasteiger partial charge in [-0.2, -0.15) is 0 Å². The second kappa shape index (κ2) is 8.03. The molecule has 1 fully saturated rings. The zero-order valence-corrected chi connectivity index (χ0v) is 13.4. The van der Waals surface area contributed by atoms with Gasteiger partial charge in [-0.05, 0) is 24.0 Å². The molecule has 0 bridgehead atoms. The van der Waals surface area contributed by atoms with Crippen molar-refractivity contribution in [1.82, 2.24) is 10.2 Å². The molecule has 2 N–H and O–H groups in total. The van der Waals surface area contributed by atoms with Gasteiger partial charge in [0.25, 0.3) is 0 Å². The Kier molecular flexibility index (Phi) is 6.07. The van der Waals surface area contributed by atoms with Crippen LogP contribution in [0.4, 0.5) is 4.79 Å². The molecule has 5 heteroatoms. The molecular formula is C17H26N2O3. The van der Waals surface area contributed by atoms with Gasteiger partial charge in [-0.1, -0.05) is 32.0 Å². The van der Waals surface area contributed by atoms with Gasteiger partial charge in [0.15, 0.2) is 0 Å². The van der Waals surface area contributed by atoms with Crippen LogP contribution in [0.5, 0.6) is 5.75 Å². The third-order valence-corrected chi connectivity index (χ3v) is 4.01. The van der Waals surface area contributed by atoms with E-state index < -0.39 is 0 Å². The summed E-state index contributed by atoms with van der Waals surface area (Å²) >= 11 is 0. The number of likely N-dealkylation sites (tertiary alicyclic amines) is 1. The summed E-state index contributed by atoms with van der Waals surface area (Å²) in [6, 6.07) is 7.92. The Bertz CT molecular complexity index is 491. The first-order chi connectivity index (χ1) is 10.6. The normalized spacial score (nSPS) is 17.8. The third kappa shape index (κ3) is 4.37. The SMILES string of the molecule is CC(C)c1ccccc1OCCNC(=O)N1CCC(CO)C1. The molecular weight excluding hydrogens is 280 g/mol. The van der Waals surface area contributed by atoms with Crippen molar-refractivity contribution in [3.63, 3.8) is 0 Å². The van der Waals surface area contributed by atoms with E-state index in [2.05, 4.69) is 25.2 Å². The third-order valence-electron chi connectivity index (χ3n) is 4.01. The molecule has 1 aliphatic heterocycles. The lowest BCUT2D eigenvalue weighted by Gasteiger charge is -2.18. The highest BCUT2D eigenvalue weighted by Gasteiger charge is 2.25. The van der Waals surface area contributed by atoms with Crippen molar-refractivity contribution in [2.24, 2.45) is 5.92 Å². The topological polar surface area (TPSA) is 61.8 Å². The Balaban J connectivity index is 1.72. The van der Waals surface area contributed by atoms with Crippen LogP contribution >= 0.6 is 0 Å². The smallest absolute Gasteiger partial charge is 0.317 e. The van der Waals surface area contributed by atoms with Crippen LogP contribution in [-0.2, 0) is 0 Å². The number of hydrogen-bond donors (Lipinski definition) is 2. The van der Waals surface area contributed by atoms with Gasteiger partial charge in [0, 0.05) is 25.6 Å². The largest absolute Gasteiger partial charge is 0.491 e. The van der Waals surface area contributed by atoms with E-state index in [-0.39, 0.29) is 18.6 Å². The van der Waals surface area contributed by atoms with Gasteiger partial charge in [-0.15, -0.1) is 0 Å². The molecule has 0 radical (unpaired) electrons. The number of urea groups is 1. The van der Waals surface area contributed by atoms with Crippen molar-refractivity contribution in [2.45, 2.75) is 26.2 Å². The fraction of sp³-hybridized carbons (Fsp3) is 0.588. The summed E-state index contributed by atoms with van der Waals surface area (Å²) in [5.41, 5.74) is 1.18. The summed E-state index contributed by atoms with van der Waals surface area (Å²) in [5.74, 6) is 1.51. The Morgan fingerprint density at radius 3 is 2.91 bits per heavy atom. The maximum Gasteiger partial charge on any atom is 0.317 e. The number of amides is 2. The van der Waals surface area contributed by atoms with Gasteiger partial charge in [-0.25, -0.2) is 4.79 Å². The van der Waals surface area contributed by atoms with E-state index in [0.29, 0.717) is 32.2 Å². The molecule has 1 heterocycles. The van der Waals surface area contributed by atoms with Crippen LogP contribution in [0.15, 0.2) is 24.3 Å². The number of nitrogens with zero attached hydrogens (tertiary/aromatic N) is 1. The van der Waals surface area contributed by atoms with Gasteiger partial charge in [0.2, 0.25) is 0 Å². The molecule has 122 valence electrons. The molecule has 2 amide bonds. The molecule has 1 atom stereocenters. The molecule has 1 unspecified atom stereocenters. The highest BCUT2D eigenvalue weighted by molar-refractivity contribution is 5.74. The highest BCUT2D eigenvalue weighted by Crippen LogP contribution is 2.25. The predicted molar refractivity (Wildman–Crippen MR) is 86.2 cm³/mol. The van der Waals surface area contributed by atoms with Crippen LogP contribution in [0.25, 0.3) is 0 Å². The van der Waals surface area contributed by atoms with E-state index in [0.717, 1.165) is 12.2 Å². The molecule has 1 aliphatic rings. The first kappa shape index (κ1) is 16.6. The zero-order valence-electron chi connectivity index (χ0n) is 13.4. The molecule has 1 aromatic rings. The van der Waals surface area contributed by atoms with Crippen LogP contribution < -0.4 is 10.1 Å². The predicted octanol–water partition coefficient (Wildman–Crippen LogP) is 2.21. The highest BCUT2D eigenvalue weighted by atomic mass is 16.5. The summed E-state index contributed by atoms with van der Waals surface area (Å²) < 4.78 is 5.78. The summed E-state index contributed by atoms with van der Waals surface area (Å²) in [6.07, 6.45) is 0.877. The van der Waals surface area contributed by atoms with Gasteiger partial charge in [0.05, 0.1) is 6.54 Å². The van der Waals surface area contributed by atoms with Crippen LogP contribution in [-0.4, -0.2) is 48.9 Å². The van der Waals surface area contributed by atoms with Crippen LogP contribution in [0.2, 0.25) is 0 Å². The molecule has 0 saturated carbocycles. The fourth-order valence-electron chi connectivity index (χ4n) is 2.69. The van der Waals surface area contributed by atoms with E-state index in [1.54, 1.807) is 4.90 Å². The number of benzene rings is 1. The first-order valence-corrected chi connectivity index (χ1v) is 7.97. The summed E-state index contributed by atoms with van der Waals surface area (Å²) in [5, 5.41) is 12.0. The number of carbonyl (C=O) groups is 1. The van der Waals surface area contributed by atoms with Crippen LogP contribution in [0.3, 0.4) is 0 Å². The van der Waals surface area contributed by atoms with E-state index in [1.165, 1.54) is 5.56 Å². The lowest BCUT2D eigenvalue weighted by atomic mass is 10.0. The number of hydrogen-bond acceptors (Lipinski definition) is 3. The molecule has 1 saturated heterocycles. The van der Waals surface area contributed by atoms with Crippen molar-refractivity contribution in [1.29, 1.82) is 0 Å². The van der Waals surface area contributed by atoms with E-state index in [4.69, 9.17) is 9.84 Å². The summed E-state index contributed by atoms with van der Waals surface area (Å²) in [4.78, 5) is 13.7. The van der Waals surface area contributed by atoms with Gasteiger partial charge in [-0.3, -0.25) is 0 Å². The molecule has 5 nitrogen and oxygen atoms in total. The maximum absolute atomic E-state index is 12.0. The summed E-state index contributed by atoms with van der Waals surface area (Å²) in [6.45, 7) is 6.70. The average Bonchev–Trinajstić information content (AvgIpc) is 3.00. The molecule has 0 spiro atoms. The van der Waals surface area contributed by atoms with Crippen molar-refractivity contribution in [2.75, 3.05) is 32.8 Å². The monoisotopic (exact) mass is 306 g/mol. The molecule has 22 heavy (non-hydrogen) atoms.